The molecule has 0 amide bonds. The zero-order valence-corrected chi connectivity index (χ0v) is 7.88. The van der Waals surface area contributed by atoms with E-state index in [-0.39, 0.29) is 17.8 Å². The molecule has 1 aliphatic rings. The first kappa shape index (κ1) is 9.96. The SMILES string of the molecule is C=CC1CCC(=N)C1C(=O)OCC. The first-order valence-corrected chi connectivity index (χ1v) is 4.57. The summed E-state index contributed by atoms with van der Waals surface area (Å²) in [5, 5.41) is 7.60. The normalized spacial score (nSPS) is 27.3. The summed E-state index contributed by atoms with van der Waals surface area (Å²) in [5.74, 6) is -0.529. The Balaban J connectivity index is 2.68. The number of allylic oxidation sites excluding steroid dienone is 1. The van der Waals surface area contributed by atoms with E-state index >= 15 is 0 Å². The van der Waals surface area contributed by atoms with Crippen molar-refractivity contribution in [3.05, 3.63) is 12.7 Å². The van der Waals surface area contributed by atoms with Gasteiger partial charge < -0.3 is 10.1 Å². The van der Waals surface area contributed by atoms with Gasteiger partial charge in [-0.2, -0.15) is 0 Å². The highest BCUT2D eigenvalue weighted by Crippen LogP contribution is 2.30. The summed E-state index contributed by atoms with van der Waals surface area (Å²) in [6.45, 7) is 5.82. The Kier molecular flexibility index (Phi) is 3.23. The molecule has 3 nitrogen and oxygen atoms in total. The van der Waals surface area contributed by atoms with Gasteiger partial charge in [0.25, 0.3) is 0 Å². The molecule has 1 saturated carbocycles. The summed E-state index contributed by atoms with van der Waals surface area (Å²) in [6, 6.07) is 0. The first-order valence-electron chi connectivity index (χ1n) is 4.57. The van der Waals surface area contributed by atoms with Crippen LogP contribution in [0.1, 0.15) is 19.8 Å². The molecule has 13 heavy (non-hydrogen) atoms. The van der Waals surface area contributed by atoms with E-state index < -0.39 is 0 Å². The maximum absolute atomic E-state index is 11.4. The second-order valence-corrected chi connectivity index (χ2v) is 3.19. The van der Waals surface area contributed by atoms with Crippen LogP contribution >= 0.6 is 0 Å². The average Bonchev–Trinajstić information content (AvgIpc) is 2.47. The van der Waals surface area contributed by atoms with Crippen molar-refractivity contribution in [2.45, 2.75) is 19.8 Å². The van der Waals surface area contributed by atoms with Crippen LogP contribution in [0.15, 0.2) is 12.7 Å². The van der Waals surface area contributed by atoms with Gasteiger partial charge in [-0.3, -0.25) is 4.79 Å². The fourth-order valence-electron chi connectivity index (χ4n) is 1.71. The molecule has 2 atom stereocenters. The molecule has 0 heterocycles. The number of hydrogen-bond acceptors (Lipinski definition) is 3. The zero-order valence-electron chi connectivity index (χ0n) is 7.88. The molecule has 0 aliphatic heterocycles. The van der Waals surface area contributed by atoms with Crippen molar-refractivity contribution in [2.75, 3.05) is 6.61 Å². The molecular formula is C10H15NO2. The van der Waals surface area contributed by atoms with Crippen molar-refractivity contribution in [1.29, 1.82) is 5.41 Å². The molecule has 72 valence electrons. The van der Waals surface area contributed by atoms with Gasteiger partial charge in [0.1, 0.15) is 5.92 Å². The van der Waals surface area contributed by atoms with Crippen molar-refractivity contribution < 1.29 is 9.53 Å². The number of rotatable bonds is 3. The third kappa shape index (κ3) is 1.97. The zero-order chi connectivity index (χ0) is 9.84. The van der Waals surface area contributed by atoms with E-state index in [4.69, 9.17) is 10.1 Å². The largest absolute Gasteiger partial charge is 0.465 e. The Bertz CT molecular complexity index is 235. The predicted molar refractivity (Wildman–Crippen MR) is 50.8 cm³/mol. The number of nitrogens with one attached hydrogen (secondary N) is 1. The van der Waals surface area contributed by atoms with Gasteiger partial charge in [-0.15, -0.1) is 6.58 Å². The van der Waals surface area contributed by atoms with Gasteiger partial charge >= 0.3 is 5.97 Å². The van der Waals surface area contributed by atoms with Crippen LogP contribution in [0.3, 0.4) is 0 Å². The number of carbonyl (C=O) groups is 1. The van der Waals surface area contributed by atoms with Gasteiger partial charge in [0.2, 0.25) is 0 Å². The summed E-state index contributed by atoms with van der Waals surface area (Å²) >= 11 is 0. The van der Waals surface area contributed by atoms with Crippen molar-refractivity contribution in [3.63, 3.8) is 0 Å². The maximum Gasteiger partial charge on any atom is 0.315 e. The number of hydrogen-bond donors (Lipinski definition) is 1. The van der Waals surface area contributed by atoms with Gasteiger partial charge in [-0.05, 0) is 25.7 Å². The Hall–Kier alpha value is -1.12. The lowest BCUT2D eigenvalue weighted by Crippen LogP contribution is -2.25. The van der Waals surface area contributed by atoms with E-state index in [1.165, 1.54) is 0 Å². The summed E-state index contributed by atoms with van der Waals surface area (Å²) in [5.41, 5.74) is 0.489. The van der Waals surface area contributed by atoms with Crippen molar-refractivity contribution in [3.8, 4) is 0 Å². The van der Waals surface area contributed by atoms with E-state index in [0.717, 1.165) is 6.42 Å². The van der Waals surface area contributed by atoms with Crippen LogP contribution in [0, 0.1) is 17.2 Å². The summed E-state index contributed by atoms with van der Waals surface area (Å²) in [4.78, 5) is 11.4. The highest BCUT2D eigenvalue weighted by Gasteiger charge is 2.36. The summed E-state index contributed by atoms with van der Waals surface area (Å²) in [7, 11) is 0. The average molecular weight is 181 g/mol. The lowest BCUT2D eigenvalue weighted by molar-refractivity contribution is -0.146. The molecule has 0 aromatic carbocycles. The molecule has 0 bridgehead atoms. The molecule has 0 aromatic rings. The van der Waals surface area contributed by atoms with Crippen LogP contribution < -0.4 is 0 Å². The minimum absolute atomic E-state index is 0.103. The third-order valence-corrected chi connectivity index (χ3v) is 2.39. The maximum atomic E-state index is 11.4. The van der Waals surface area contributed by atoms with E-state index in [2.05, 4.69) is 6.58 Å². The smallest absolute Gasteiger partial charge is 0.315 e. The van der Waals surface area contributed by atoms with Crippen molar-refractivity contribution in [2.24, 2.45) is 11.8 Å². The van der Waals surface area contributed by atoms with Crippen LogP contribution in [0.25, 0.3) is 0 Å². The highest BCUT2D eigenvalue weighted by atomic mass is 16.5. The van der Waals surface area contributed by atoms with Crippen LogP contribution in [-0.2, 0) is 9.53 Å². The Morgan fingerprint density at radius 3 is 3.08 bits per heavy atom. The molecule has 0 spiro atoms. The van der Waals surface area contributed by atoms with E-state index in [1.54, 1.807) is 13.0 Å². The van der Waals surface area contributed by atoms with Gasteiger partial charge in [0.15, 0.2) is 0 Å². The van der Waals surface area contributed by atoms with Gasteiger partial charge in [-0.25, -0.2) is 0 Å². The molecule has 0 radical (unpaired) electrons. The van der Waals surface area contributed by atoms with Gasteiger partial charge in [-0.1, -0.05) is 6.08 Å². The van der Waals surface area contributed by atoms with Crippen molar-refractivity contribution >= 4 is 11.7 Å². The molecule has 0 saturated heterocycles. The first-order chi connectivity index (χ1) is 6.20. The highest BCUT2D eigenvalue weighted by molar-refractivity contribution is 6.02. The van der Waals surface area contributed by atoms with Crippen LogP contribution in [0.4, 0.5) is 0 Å². The fraction of sp³-hybridized carbons (Fsp3) is 0.600. The Morgan fingerprint density at radius 1 is 1.85 bits per heavy atom. The quantitative estimate of drug-likeness (QED) is 0.533. The van der Waals surface area contributed by atoms with Crippen LogP contribution in [0.2, 0.25) is 0 Å². The number of ether oxygens (including phenoxy) is 1. The van der Waals surface area contributed by atoms with Crippen LogP contribution in [-0.4, -0.2) is 18.3 Å². The molecule has 3 heteroatoms. The lowest BCUT2D eigenvalue weighted by atomic mass is 9.95. The second-order valence-electron chi connectivity index (χ2n) is 3.19. The minimum Gasteiger partial charge on any atom is -0.465 e. The second kappa shape index (κ2) is 4.21. The molecule has 1 N–H and O–H groups in total. The van der Waals surface area contributed by atoms with Gasteiger partial charge in [0.05, 0.1) is 6.61 Å². The standard InChI is InChI=1S/C10H15NO2/c1-3-7-5-6-8(11)9(7)10(12)13-4-2/h3,7,9,11H,1,4-6H2,2H3. The Labute approximate surface area is 78.3 Å². The molecule has 0 aromatic heterocycles. The van der Waals surface area contributed by atoms with Gasteiger partial charge in [0, 0.05) is 5.71 Å². The third-order valence-electron chi connectivity index (χ3n) is 2.39. The lowest BCUT2D eigenvalue weighted by Gasteiger charge is -2.13. The Morgan fingerprint density at radius 2 is 2.54 bits per heavy atom. The predicted octanol–water partition coefficient (Wildman–Crippen LogP) is 1.78. The van der Waals surface area contributed by atoms with E-state index in [0.29, 0.717) is 18.7 Å². The summed E-state index contributed by atoms with van der Waals surface area (Å²) < 4.78 is 4.90. The molecule has 1 fully saturated rings. The van der Waals surface area contributed by atoms with Crippen molar-refractivity contribution in [1.82, 2.24) is 0 Å². The number of carbonyl (C=O) groups excluding carboxylic acids is 1. The molecule has 2 unspecified atom stereocenters. The fourth-order valence-corrected chi connectivity index (χ4v) is 1.71. The molecular weight excluding hydrogens is 166 g/mol. The molecule has 1 rings (SSSR count). The minimum atomic E-state index is -0.363. The topological polar surface area (TPSA) is 50.2 Å². The van der Waals surface area contributed by atoms with E-state index in [1.807, 2.05) is 0 Å². The monoisotopic (exact) mass is 181 g/mol. The number of esters is 1. The van der Waals surface area contributed by atoms with Crippen LogP contribution in [0.5, 0.6) is 0 Å². The van der Waals surface area contributed by atoms with E-state index in [9.17, 15) is 4.79 Å². The molecule has 1 aliphatic carbocycles. The summed E-state index contributed by atoms with van der Waals surface area (Å²) in [6.07, 6.45) is 3.30.